The number of rotatable bonds is 4. The maximum Gasteiger partial charge on any atom is 0.164 e. The van der Waals surface area contributed by atoms with Gasteiger partial charge in [0, 0.05) is 32.8 Å². The minimum Gasteiger partial charge on any atom is -0.456 e. The Balaban J connectivity index is 1.15. The Morgan fingerprint density at radius 1 is 0.418 bits per heavy atom. The van der Waals surface area contributed by atoms with Crippen molar-refractivity contribution >= 4 is 54.5 Å². The van der Waals surface area contributed by atoms with Crippen LogP contribution in [0.3, 0.4) is 0 Å². The molecule has 3 aromatic heterocycles. The number of aromatic nitrogens is 4. The largest absolute Gasteiger partial charge is 0.456 e. The molecule has 1 aliphatic carbocycles. The highest BCUT2D eigenvalue weighted by Gasteiger charge is 2.23. The normalized spacial score (nSPS) is 12.3. The number of hydrogen-bond acceptors (Lipinski definition) is 4. The maximum atomic E-state index is 6.68. The highest BCUT2D eigenvalue weighted by Crippen LogP contribution is 2.43. The number of furan rings is 1. The first kappa shape index (κ1) is 30.1. The molecular weight excluding hydrogens is 673 g/mol. The summed E-state index contributed by atoms with van der Waals surface area (Å²) >= 11 is 0. The van der Waals surface area contributed by atoms with E-state index in [2.05, 4.69) is 144 Å². The fourth-order valence-corrected chi connectivity index (χ4v) is 8.67. The van der Waals surface area contributed by atoms with Crippen LogP contribution in [0.2, 0.25) is 0 Å². The molecule has 55 heavy (non-hydrogen) atoms. The number of benzene rings is 8. The van der Waals surface area contributed by atoms with Gasteiger partial charge in [-0.05, 0) is 81.9 Å². The second kappa shape index (κ2) is 11.6. The Hall–Kier alpha value is -7.37. The molecule has 0 unspecified atom stereocenters. The number of nitrogens with zero attached hydrogens (tertiary/aromatic N) is 4. The topological polar surface area (TPSA) is 56.7 Å². The summed E-state index contributed by atoms with van der Waals surface area (Å²) in [5.41, 5.74) is 12.8. The van der Waals surface area contributed by atoms with E-state index in [0.717, 1.165) is 61.8 Å². The molecule has 0 N–H and O–H groups in total. The zero-order valence-electron chi connectivity index (χ0n) is 29.6. The van der Waals surface area contributed by atoms with Gasteiger partial charge in [0.25, 0.3) is 0 Å². The van der Waals surface area contributed by atoms with E-state index < -0.39 is 0 Å². The number of para-hydroxylation sites is 2. The molecule has 11 aromatic rings. The third kappa shape index (κ3) is 4.63. The van der Waals surface area contributed by atoms with E-state index in [-0.39, 0.29) is 0 Å². The Kier molecular flexibility index (Phi) is 6.33. The lowest BCUT2D eigenvalue weighted by Crippen LogP contribution is -2.02. The van der Waals surface area contributed by atoms with Crippen molar-refractivity contribution in [3.05, 3.63) is 181 Å². The molecule has 0 fully saturated rings. The Bertz CT molecular complexity index is 3360. The molecule has 8 aromatic carbocycles. The van der Waals surface area contributed by atoms with Gasteiger partial charge in [-0.2, -0.15) is 0 Å². The molecule has 12 rings (SSSR count). The van der Waals surface area contributed by atoms with Crippen molar-refractivity contribution in [2.45, 2.75) is 6.42 Å². The van der Waals surface area contributed by atoms with Crippen molar-refractivity contribution in [2.75, 3.05) is 0 Å². The van der Waals surface area contributed by atoms with E-state index in [1.54, 1.807) is 0 Å². The number of hydrogen-bond donors (Lipinski definition) is 0. The summed E-state index contributed by atoms with van der Waals surface area (Å²) in [6, 6.07) is 59.9. The minimum atomic E-state index is 0.583. The second-order valence-electron chi connectivity index (χ2n) is 14.4. The average Bonchev–Trinajstić information content (AvgIpc) is 3.92. The summed E-state index contributed by atoms with van der Waals surface area (Å²) in [7, 11) is 0. The molecule has 0 saturated carbocycles. The quantitative estimate of drug-likeness (QED) is 0.183. The van der Waals surface area contributed by atoms with Crippen molar-refractivity contribution in [1.82, 2.24) is 19.5 Å². The van der Waals surface area contributed by atoms with Gasteiger partial charge >= 0.3 is 0 Å². The summed E-state index contributed by atoms with van der Waals surface area (Å²) in [5.74, 6) is 1.83. The van der Waals surface area contributed by atoms with E-state index >= 15 is 0 Å². The molecule has 256 valence electrons. The molecule has 5 heteroatoms. The van der Waals surface area contributed by atoms with Crippen LogP contribution in [0.4, 0.5) is 0 Å². The summed E-state index contributed by atoms with van der Waals surface area (Å²) < 4.78 is 9.07. The monoisotopic (exact) mass is 702 g/mol. The molecule has 0 aliphatic heterocycles. The first-order valence-corrected chi connectivity index (χ1v) is 18.6. The smallest absolute Gasteiger partial charge is 0.164 e. The van der Waals surface area contributed by atoms with Gasteiger partial charge in [0.2, 0.25) is 0 Å². The van der Waals surface area contributed by atoms with E-state index in [1.165, 1.54) is 43.8 Å². The zero-order chi connectivity index (χ0) is 36.0. The van der Waals surface area contributed by atoms with Gasteiger partial charge in [-0.15, -0.1) is 0 Å². The van der Waals surface area contributed by atoms with E-state index in [9.17, 15) is 0 Å². The van der Waals surface area contributed by atoms with Crippen LogP contribution in [0.15, 0.2) is 174 Å². The lowest BCUT2D eigenvalue weighted by Gasteiger charge is -2.13. The van der Waals surface area contributed by atoms with Gasteiger partial charge in [-0.25, -0.2) is 15.0 Å². The van der Waals surface area contributed by atoms with E-state index in [4.69, 9.17) is 19.4 Å². The molecule has 0 amide bonds. The number of fused-ring (bicyclic) bond motifs is 10. The molecule has 0 radical (unpaired) electrons. The van der Waals surface area contributed by atoms with Crippen LogP contribution in [0.25, 0.3) is 105 Å². The standard InChI is InChI=1S/C50H30N4O/c1-2-12-30(13-3-1)48-51-49(35-23-22-34-24-33-16-6-7-17-37(33)40(34)26-35)53-50(52-48)36-28-44(47-39-19-9-11-21-45(39)55-46(47)29-36)54-42-20-10-8-18-38(42)41-25-31-14-4-5-15-32(31)27-43(41)54/h1-23,25-29H,24H2. The third-order valence-electron chi connectivity index (χ3n) is 11.2. The highest BCUT2D eigenvalue weighted by atomic mass is 16.3. The molecule has 0 saturated heterocycles. The zero-order valence-corrected chi connectivity index (χ0v) is 29.6. The average molecular weight is 703 g/mol. The molecule has 0 spiro atoms. The van der Waals surface area contributed by atoms with Crippen LogP contribution in [0, 0.1) is 0 Å². The van der Waals surface area contributed by atoms with E-state index in [1.807, 2.05) is 30.3 Å². The van der Waals surface area contributed by atoms with Gasteiger partial charge in [-0.1, -0.05) is 127 Å². The van der Waals surface area contributed by atoms with Crippen molar-refractivity contribution in [2.24, 2.45) is 0 Å². The summed E-state index contributed by atoms with van der Waals surface area (Å²) in [6.45, 7) is 0. The summed E-state index contributed by atoms with van der Waals surface area (Å²) in [6.07, 6.45) is 0.933. The Morgan fingerprint density at radius 3 is 1.96 bits per heavy atom. The van der Waals surface area contributed by atoms with Gasteiger partial charge in [0.15, 0.2) is 17.5 Å². The predicted octanol–water partition coefficient (Wildman–Crippen LogP) is 12.6. The van der Waals surface area contributed by atoms with Crippen molar-refractivity contribution in [1.29, 1.82) is 0 Å². The van der Waals surface area contributed by atoms with E-state index in [0.29, 0.717) is 17.5 Å². The van der Waals surface area contributed by atoms with Gasteiger partial charge < -0.3 is 8.98 Å². The summed E-state index contributed by atoms with van der Waals surface area (Å²) in [5, 5.41) is 6.91. The third-order valence-corrected chi connectivity index (χ3v) is 11.2. The van der Waals surface area contributed by atoms with Crippen LogP contribution >= 0.6 is 0 Å². The van der Waals surface area contributed by atoms with Crippen molar-refractivity contribution in [3.63, 3.8) is 0 Å². The molecular formula is C50H30N4O. The molecule has 5 nitrogen and oxygen atoms in total. The second-order valence-corrected chi connectivity index (χ2v) is 14.4. The Morgan fingerprint density at radius 2 is 1.09 bits per heavy atom. The molecule has 0 atom stereocenters. The van der Waals surface area contributed by atoms with Crippen LogP contribution in [0.5, 0.6) is 0 Å². The van der Waals surface area contributed by atoms with Gasteiger partial charge in [-0.3, -0.25) is 0 Å². The lowest BCUT2D eigenvalue weighted by molar-refractivity contribution is 0.669. The summed E-state index contributed by atoms with van der Waals surface area (Å²) in [4.78, 5) is 15.6. The molecule has 3 heterocycles. The van der Waals surface area contributed by atoms with Crippen LogP contribution in [-0.4, -0.2) is 19.5 Å². The fourth-order valence-electron chi connectivity index (χ4n) is 8.67. The predicted molar refractivity (Wildman–Crippen MR) is 223 cm³/mol. The van der Waals surface area contributed by atoms with Crippen molar-refractivity contribution < 1.29 is 4.42 Å². The fraction of sp³-hybridized carbons (Fsp3) is 0.0200. The molecule has 0 bridgehead atoms. The molecule has 1 aliphatic rings. The first-order valence-electron chi connectivity index (χ1n) is 18.6. The van der Waals surface area contributed by atoms with Crippen LogP contribution in [0.1, 0.15) is 11.1 Å². The highest BCUT2D eigenvalue weighted by molar-refractivity contribution is 6.17. The van der Waals surface area contributed by atoms with Gasteiger partial charge in [0.1, 0.15) is 11.2 Å². The van der Waals surface area contributed by atoms with Gasteiger partial charge in [0.05, 0.1) is 22.1 Å². The lowest BCUT2D eigenvalue weighted by atomic mass is 10.0. The van der Waals surface area contributed by atoms with Crippen molar-refractivity contribution in [3.8, 4) is 51.0 Å². The van der Waals surface area contributed by atoms with Crippen LogP contribution in [-0.2, 0) is 6.42 Å². The van der Waals surface area contributed by atoms with Crippen LogP contribution < -0.4 is 0 Å². The minimum absolute atomic E-state index is 0.583. The SMILES string of the molecule is c1ccc(-c2nc(-c3ccc4c(c3)-c3ccccc3C4)nc(-c3cc(-n4c5ccccc5c5cc6ccccc6cc54)c4c(c3)oc3ccccc34)n2)cc1. The maximum absolute atomic E-state index is 6.68. The first-order chi connectivity index (χ1) is 27.2. The Labute approximate surface area is 315 Å².